The molecule has 2 N–H and O–H groups in total. The number of carbonyl (C=O) groups is 1. The second-order valence-corrected chi connectivity index (χ2v) is 5.36. The van der Waals surface area contributed by atoms with Crippen LogP contribution in [-0.2, 0) is 6.42 Å². The van der Waals surface area contributed by atoms with E-state index in [1.807, 2.05) is 30.3 Å². The summed E-state index contributed by atoms with van der Waals surface area (Å²) in [6.45, 7) is 1.67. The summed E-state index contributed by atoms with van der Waals surface area (Å²) in [5.74, 6) is 0.248. The lowest BCUT2D eigenvalue weighted by atomic mass is 9.88. The average Bonchev–Trinajstić information content (AvgIpc) is 2.53. The molecule has 4 heteroatoms. The second-order valence-electron chi connectivity index (χ2n) is 5.36. The molecule has 2 aromatic rings. The third kappa shape index (κ3) is 4.16. The van der Waals surface area contributed by atoms with E-state index in [0.717, 1.165) is 5.56 Å². The third-order valence-corrected chi connectivity index (χ3v) is 3.36. The molecule has 0 radical (unpaired) electrons. The highest BCUT2D eigenvalue weighted by Gasteiger charge is 2.31. The molecule has 116 valence electrons. The Morgan fingerprint density at radius 2 is 1.73 bits per heavy atom. The van der Waals surface area contributed by atoms with Crippen molar-refractivity contribution in [1.82, 2.24) is 0 Å². The van der Waals surface area contributed by atoms with E-state index in [1.165, 1.54) is 6.92 Å². The maximum Gasteiger partial charge on any atom is 0.194 e. The molecule has 0 bridgehead atoms. The molecule has 22 heavy (non-hydrogen) atoms. The van der Waals surface area contributed by atoms with E-state index in [0.29, 0.717) is 11.3 Å². The molecular weight excluding hydrogens is 280 g/mol. The van der Waals surface area contributed by atoms with Gasteiger partial charge in [-0.1, -0.05) is 30.3 Å². The minimum absolute atomic E-state index is 0.0630. The van der Waals surface area contributed by atoms with Gasteiger partial charge in [0.05, 0.1) is 6.61 Å². The van der Waals surface area contributed by atoms with Crippen molar-refractivity contribution in [2.45, 2.75) is 18.9 Å². The van der Waals surface area contributed by atoms with Crippen molar-refractivity contribution in [2.24, 2.45) is 0 Å². The van der Waals surface area contributed by atoms with Crippen molar-refractivity contribution in [3.05, 3.63) is 65.7 Å². The fourth-order valence-corrected chi connectivity index (χ4v) is 2.25. The zero-order valence-corrected chi connectivity index (χ0v) is 12.5. The summed E-state index contributed by atoms with van der Waals surface area (Å²) in [4.78, 5) is 12.5. The molecule has 2 aromatic carbocycles. The van der Waals surface area contributed by atoms with E-state index in [4.69, 9.17) is 9.84 Å². The first-order valence-corrected chi connectivity index (χ1v) is 7.18. The highest BCUT2D eigenvalue weighted by Crippen LogP contribution is 2.21. The number of ketones is 1. The molecule has 0 saturated carbocycles. The van der Waals surface area contributed by atoms with Crippen LogP contribution in [0.25, 0.3) is 0 Å². The van der Waals surface area contributed by atoms with Crippen LogP contribution in [-0.4, -0.2) is 34.8 Å². The van der Waals surface area contributed by atoms with Gasteiger partial charge in [-0.2, -0.15) is 0 Å². The standard InChI is InChI=1S/C18H20O4/c1-18(21,13-14-5-3-2-4-6-14)17(20)15-7-9-16(10-8-15)22-12-11-19/h2-10,19,21H,11-13H2,1H3. The van der Waals surface area contributed by atoms with E-state index in [9.17, 15) is 9.90 Å². The van der Waals surface area contributed by atoms with Crippen molar-refractivity contribution in [2.75, 3.05) is 13.2 Å². The number of rotatable bonds is 7. The molecule has 0 spiro atoms. The summed E-state index contributed by atoms with van der Waals surface area (Å²) in [7, 11) is 0. The number of aliphatic hydroxyl groups is 2. The average molecular weight is 300 g/mol. The Balaban J connectivity index is 2.09. The maximum absolute atomic E-state index is 12.5. The fourth-order valence-electron chi connectivity index (χ4n) is 2.25. The first-order chi connectivity index (χ1) is 10.5. The van der Waals surface area contributed by atoms with Gasteiger partial charge in [-0.3, -0.25) is 4.79 Å². The molecule has 2 rings (SSSR count). The highest BCUT2D eigenvalue weighted by atomic mass is 16.5. The molecule has 1 atom stereocenters. The fraction of sp³-hybridized carbons (Fsp3) is 0.278. The SMILES string of the molecule is CC(O)(Cc1ccccc1)C(=O)c1ccc(OCCO)cc1. The summed E-state index contributed by atoms with van der Waals surface area (Å²) in [6.07, 6.45) is 0.259. The van der Waals surface area contributed by atoms with Crippen LogP contribution in [0.1, 0.15) is 22.8 Å². The molecule has 0 fully saturated rings. The molecule has 0 aliphatic rings. The third-order valence-electron chi connectivity index (χ3n) is 3.36. The number of carbonyl (C=O) groups excluding carboxylic acids is 1. The minimum Gasteiger partial charge on any atom is -0.491 e. The number of benzene rings is 2. The Kier molecular flexibility index (Phi) is 5.31. The van der Waals surface area contributed by atoms with Gasteiger partial charge in [0.25, 0.3) is 0 Å². The quantitative estimate of drug-likeness (QED) is 0.770. The largest absolute Gasteiger partial charge is 0.491 e. The van der Waals surface area contributed by atoms with E-state index in [2.05, 4.69) is 0 Å². The first-order valence-electron chi connectivity index (χ1n) is 7.18. The second kappa shape index (κ2) is 7.20. The number of Topliss-reactive ketones (excluding diaryl/α,β-unsaturated/α-hetero) is 1. The van der Waals surface area contributed by atoms with Gasteiger partial charge in [-0.25, -0.2) is 0 Å². The van der Waals surface area contributed by atoms with Gasteiger partial charge in [-0.05, 0) is 36.8 Å². The molecule has 0 aliphatic heterocycles. The Morgan fingerprint density at radius 1 is 1.09 bits per heavy atom. The van der Waals surface area contributed by atoms with Crippen LogP contribution in [0.4, 0.5) is 0 Å². The van der Waals surface area contributed by atoms with Crippen molar-refractivity contribution in [1.29, 1.82) is 0 Å². The summed E-state index contributed by atoms with van der Waals surface area (Å²) < 4.78 is 5.25. The lowest BCUT2D eigenvalue weighted by molar-refractivity contribution is 0.0409. The van der Waals surface area contributed by atoms with Crippen LogP contribution in [0.15, 0.2) is 54.6 Å². The molecule has 0 amide bonds. The van der Waals surface area contributed by atoms with Gasteiger partial charge in [0, 0.05) is 12.0 Å². The molecular formula is C18H20O4. The number of aliphatic hydroxyl groups excluding tert-OH is 1. The normalized spacial score (nSPS) is 13.4. The smallest absolute Gasteiger partial charge is 0.194 e. The maximum atomic E-state index is 12.5. The first kappa shape index (κ1) is 16.2. The van der Waals surface area contributed by atoms with E-state index in [1.54, 1.807) is 24.3 Å². The predicted octanol–water partition coefficient (Wildman–Crippen LogP) is 2.23. The number of hydrogen-bond acceptors (Lipinski definition) is 4. The van der Waals surface area contributed by atoms with Gasteiger partial charge in [0.15, 0.2) is 5.78 Å². The Bertz CT molecular complexity index is 603. The Labute approximate surface area is 130 Å². The van der Waals surface area contributed by atoms with Crippen molar-refractivity contribution < 1.29 is 19.7 Å². The molecule has 0 saturated heterocycles. The lowest BCUT2D eigenvalue weighted by Gasteiger charge is -2.22. The molecule has 4 nitrogen and oxygen atoms in total. The van der Waals surface area contributed by atoms with Crippen molar-refractivity contribution in [3.8, 4) is 5.75 Å². The van der Waals surface area contributed by atoms with Crippen LogP contribution in [0.5, 0.6) is 5.75 Å². The van der Waals surface area contributed by atoms with Gasteiger partial charge in [-0.15, -0.1) is 0 Å². The lowest BCUT2D eigenvalue weighted by Crippen LogP contribution is -2.37. The summed E-state index contributed by atoms with van der Waals surface area (Å²) >= 11 is 0. The summed E-state index contributed by atoms with van der Waals surface area (Å²) in [5.41, 5.74) is -0.129. The van der Waals surface area contributed by atoms with Gasteiger partial charge >= 0.3 is 0 Å². The van der Waals surface area contributed by atoms with Crippen LogP contribution in [0.2, 0.25) is 0 Å². The topological polar surface area (TPSA) is 66.8 Å². The van der Waals surface area contributed by atoms with Crippen LogP contribution >= 0.6 is 0 Å². The minimum atomic E-state index is -1.46. The molecule has 0 aliphatic carbocycles. The number of ether oxygens (including phenoxy) is 1. The monoisotopic (exact) mass is 300 g/mol. The van der Waals surface area contributed by atoms with Crippen LogP contribution in [0, 0.1) is 0 Å². The van der Waals surface area contributed by atoms with E-state index in [-0.39, 0.29) is 25.4 Å². The van der Waals surface area contributed by atoms with Crippen molar-refractivity contribution in [3.63, 3.8) is 0 Å². The highest BCUT2D eigenvalue weighted by molar-refractivity contribution is 6.02. The number of hydrogen-bond donors (Lipinski definition) is 2. The Hall–Kier alpha value is -2.17. The Morgan fingerprint density at radius 3 is 2.32 bits per heavy atom. The van der Waals surface area contributed by atoms with Gasteiger partial charge in [0.1, 0.15) is 18.0 Å². The van der Waals surface area contributed by atoms with E-state index < -0.39 is 5.60 Å². The van der Waals surface area contributed by atoms with Crippen LogP contribution < -0.4 is 4.74 Å². The predicted molar refractivity (Wildman–Crippen MR) is 84.1 cm³/mol. The van der Waals surface area contributed by atoms with Gasteiger partial charge < -0.3 is 14.9 Å². The van der Waals surface area contributed by atoms with E-state index >= 15 is 0 Å². The zero-order chi connectivity index (χ0) is 16.0. The summed E-state index contributed by atoms with van der Waals surface area (Å²) in [5, 5.41) is 19.2. The summed E-state index contributed by atoms with van der Waals surface area (Å²) in [6, 6.07) is 16.0. The zero-order valence-electron chi connectivity index (χ0n) is 12.5. The van der Waals surface area contributed by atoms with Crippen molar-refractivity contribution >= 4 is 5.78 Å². The molecule has 1 unspecified atom stereocenters. The van der Waals surface area contributed by atoms with Crippen LogP contribution in [0.3, 0.4) is 0 Å². The van der Waals surface area contributed by atoms with Gasteiger partial charge in [0.2, 0.25) is 0 Å². The molecule has 0 heterocycles. The molecule has 0 aromatic heterocycles.